The Morgan fingerprint density at radius 1 is 0.951 bits per heavy atom. The summed E-state index contributed by atoms with van der Waals surface area (Å²) in [6.07, 6.45) is 1.25. The van der Waals surface area contributed by atoms with E-state index in [0.717, 1.165) is 15.4 Å². The van der Waals surface area contributed by atoms with Gasteiger partial charge < -0.3 is 15.7 Å². The standard InChI is InChI=1S/C31H45N3O6S/c1-22(2)21-34(41(39,40)25-17-15-23(3)16-18-25)27(29(36)37)14-10-11-19-32-28(35)26(33-30(38)31(4,5)6)20-24-12-8-7-9-13-24/h7-9,12-13,15-18,22,26-27H,10-11,14,19-21H2,1-6H3,(H,32,35)(H,33,38)(H,36,37)/t26-,27-/m0/s1. The summed E-state index contributed by atoms with van der Waals surface area (Å²) in [7, 11) is -4.04. The van der Waals surface area contributed by atoms with Crippen molar-refractivity contribution in [2.75, 3.05) is 13.1 Å². The lowest BCUT2D eigenvalue weighted by Crippen LogP contribution is -2.51. The number of aliphatic carboxylic acids is 1. The molecule has 0 fully saturated rings. The maximum atomic E-state index is 13.5. The molecule has 2 aromatic carbocycles. The molecule has 0 heterocycles. The Kier molecular flexibility index (Phi) is 12.5. The Hall–Kier alpha value is -3.24. The molecule has 0 aliphatic carbocycles. The molecule has 2 rings (SSSR count). The average molecular weight is 588 g/mol. The third kappa shape index (κ3) is 10.6. The zero-order chi connectivity index (χ0) is 30.8. The maximum Gasteiger partial charge on any atom is 0.322 e. The Morgan fingerprint density at radius 3 is 2.10 bits per heavy atom. The van der Waals surface area contributed by atoms with E-state index >= 15 is 0 Å². The van der Waals surface area contributed by atoms with Crippen LogP contribution in [0, 0.1) is 18.3 Å². The predicted octanol–water partition coefficient (Wildman–Crippen LogP) is 4.16. The SMILES string of the molecule is Cc1ccc(S(=O)(=O)N(CC(C)C)[C@@H](CCCCNC(=O)[C@H](Cc2ccccc2)NC(=O)C(C)(C)C)C(=O)O)cc1. The van der Waals surface area contributed by atoms with Gasteiger partial charge in [0.1, 0.15) is 12.1 Å². The van der Waals surface area contributed by atoms with Crippen LogP contribution in [0.4, 0.5) is 0 Å². The second-order valence-corrected chi connectivity index (χ2v) is 13.8. The first-order chi connectivity index (χ1) is 19.1. The van der Waals surface area contributed by atoms with Crippen molar-refractivity contribution in [2.45, 2.75) is 84.2 Å². The van der Waals surface area contributed by atoms with E-state index in [4.69, 9.17) is 0 Å². The number of hydrogen-bond donors (Lipinski definition) is 3. The number of carbonyl (C=O) groups excluding carboxylic acids is 2. The first kappa shape index (κ1) is 34.0. The van der Waals surface area contributed by atoms with Crippen LogP contribution < -0.4 is 10.6 Å². The van der Waals surface area contributed by atoms with Crippen LogP contribution in [0.5, 0.6) is 0 Å². The molecule has 3 N–H and O–H groups in total. The molecule has 0 spiro atoms. The highest BCUT2D eigenvalue weighted by molar-refractivity contribution is 7.89. The molecule has 0 radical (unpaired) electrons. The summed E-state index contributed by atoms with van der Waals surface area (Å²) in [6, 6.07) is 13.8. The number of aryl methyl sites for hydroxylation is 1. The maximum absolute atomic E-state index is 13.5. The van der Waals surface area contributed by atoms with Crippen molar-refractivity contribution in [1.82, 2.24) is 14.9 Å². The topological polar surface area (TPSA) is 133 Å². The van der Waals surface area contributed by atoms with E-state index in [1.54, 1.807) is 32.9 Å². The Bertz CT molecular complexity index is 1260. The molecule has 9 nitrogen and oxygen atoms in total. The number of sulfonamides is 1. The molecule has 10 heteroatoms. The minimum absolute atomic E-state index is 0.0593. The Labute approximate surface area is 244 Å². The van der Waals surface area contributed by atoms with E-state index in [1.807, 2.05) is 51.1 Å². The van der Waals surface area contributed by atoms with Gasteiger partial charge in [0.05, 0.1) is 4.90 Å². The number of amides is 2. The van der Waals surface area contributed by atoms with Gasteiger partial charge in [-0.25, -0.2) is 8.42 Å². The molecule has 0 aliphatic rings. The molecule has 2 atom stereocenters. The largest absolute Gasteiger partial charge is 0.480 e. The van der Waals surface area contributed by atoms with Gasteiger partial charge in [-0.1, -0.05) is 82.6 Å². The van der Waals surface area contributed by atoms with Gasteiger partial charge in [0.25, 0.3) is 0 Å². The zero-order valence-electron chi connectivity index (χ0n) is 25.0. The monoisotopic (exact) mass is 587 g/mol. The third-order valence-electron chi connectivity index (χ3n) is 6.59. The van der Waals surface area contributed by atoms with Gasteiger partial charge >= 0.3 is 5.97 Å². The van der Waals surface area contributed by atoms with Crippen LogP contribution in [0.1, 0.15) is 65.0 Å². The van der Waals surface area contributed by atoms with Gasteiger partial charge in [-0.2, -0.15) is 4.31 Å². The van der Waals surface area contributed by atoms with E-state index in [0.29, 0.717) is 19.3 Å². The highest BCUT2D eigenvalue weighted by Crippen LogP contribution is 2.23. The molecule has 0 saturated heterocycles. The Morgan fingerprint density at radius 2 is 1.56 bits per heavy atom. The van der Waals surface area contributed by atoms with E-state index in [2.05, 4.69) is 10.6 Å². The van der Waals surface area contributed by atoms with Crippen LogP contribution in [0.15, 0.2) is 59.5 Å². The molecule has 226 valence electrons. The lowest BCUT2D eigenvalue weighted by atomic mass is 9.94. The van der Waals surface area contributed by atoms with Gasteiger partial charge in [-0.05, 0) is 49.8 Å². The number of nitrogens with one attached hydrogen (secondary N) is 2. The second kappa shape index (κ2) is 15.1. The van der Waals surface area contributed by atoms with Crippen LogP contribution in [0.3, 0.4) is 0 Å². The lowest BCUT2D eigenvalue weighted by molar-refractivity contribution is -0.142. The average Bonchev–Trinajstić information content (AvgIpc) is 2.89. The van der Waals surface area contributed by atoms with Crippen molar-refractivity contribution in [1.29, 1.82) is 0 Å². The van der Waals surface area contributed by atoms with Gasteiger partial charge in [0.15, 0.2) is 0 Å². The van der Waals surface area contributed by atoms with Crippen molar-refractivity contribution in [3.8, 4) is 0 Å². The lowest BCUT2D eigenvalue weighted by Gasteiger charge is -2.29. The third-order valence-corrected chi connectivity index (χ3v) is 8.48. The molecule has 0 saturated carbocycles. The van der Waals surface area contributed by atoms with Crippen molar-refractivity contribution in [3.05, 3.63) is 65.7 Å². The van der Waals surface area contributed by atoms with Gasteiger partial charge in [0.2, 0.25) is 21.8 Å². The van der Waals surface area contributed by atoms with Crippen LogP contribution in [-0.4, -0.2) is 60.8 Å². The fourth-order valence-corrected chi connectivity index (χ4v) is 6.00. The van der Waals surface area contributed by atoms with Crippen LogP contribution in [0.2, 0.25) is 0 Å². The molecule has 0 aliphatic heterocycles. The minimum atomic E-state index is -4.04. The second-order valence-electron chi connectivity index (χ2n) is 11.9. The van der Waals surface area contributed by atoms with E-state index in [1.165, 1.54) is 12.1 Å². The summed E-state index contributed by atoms with van der Waals surface area (Å²) in [5, 5.41) is 15.7. The number of unbranched alkanes of at least 4 members (excludes halogenated alkanes) is 1. The fourth-order valence-electron chi connectivity index (χ4n) is 4.22. The van der Waals surface area contributed by atoms with Crippen molar-refractivity contribution in [3.63, 3.8) is 0 Å². The number of hydrogen-bond acceptors (Lipinski definition) is 5. The molecule has 2 amide bonds. The van der Waals surface area contributed by atoms with Crippen LogP contribution in [-0.2, 0) is 30.8 Å². The molecule has 41 heavy (non-hydrogen) atoms. The molecule has 0 unspecified atom stereocenters. The number of benzene rings is 2. The van der Waals surface area contributed by atoms with Crippen molar-refractivity contribution >= 4 is 27.8 Å². The summed E-state index contributed by atoms with van der Waals surface area (Å²) in [5.74, 6) is -1.86. The highest BCUT2D eigenvalue weighted by atomic mass is 32.2. The summed E-state index contributed by atoms with van der Waals surface area (Å²) < 4.78 is 28.0. The number of nitrogens with zero attached hydrogens (tertiary/aromatic N) is 1. The van der Waals surface area contributed by atoms with E-state index < -0.39 is 33.5 Å². The zero-order valence-corrected chi connectivity index (χ0v) is 25.8. The quantitative estimate of drug-likeness (QED) is 0.268. The smallest absolute Gasteiger partial charge is 0.322 e. The molecule has 0 aromatic heterocycles. The minimum Gasteiger partial charge on any atom is -0.480 e. The summed E-state index contributed by atoms with van der Waals surface area (Å²) in [4.78, 5) is 38.0. The number of carbonyl (C=O) groups is 3. The van der Waals surface area contributed by atoms with Gasteiger partial charge in [0, 0.05) is 24.9 Å². The molecular formula is C31H45N3O6S. The normalized spacial score (nSPS) is 13.6. The van der Waals surface area contributed by atoms with Crippen molar-refractivity contribution < 1.29 is 27.9 Å². The highest BCUT2D eigenvalue weighted by Gasteiger charge is 2.36. The first-order valence-electron chi connectivity index (χ1n) is 14.1. The van der Waals surface area contributed by atoms with E-state index in [-0.39, 0.29) is 42.1 Å². The summed E-state index contributed by atoms with van der Waals surface area (Å²) in [5.41, 5.74) is 1.15. The molecule has 0 bridgehead atoms. The Balaban J connectivity index is 2.06. The van der Waals surface area contributed by atoms with Crippen LogP contribution >= 0.6 is 0 Å². The van der Waals surface area contributed by atoms with Crippen LogP contribution in [0.25, 0.3) is 0 Å². The number of carboxylic acids is 1. The van der Waals surface area contributed by atoms with Crippen molar-refractivity contribution in [2.24, 2.45) is 11.3 Å². The fraction of sp³-hybridized carbons (Fsp3) is 0.516. The number of carboxylic acid groups (broad SMARTS) is 1. The van der Waals surface area contributed by atoms with E-state index in [9.17, 15) is 27.9 Å². The summed E-state index contributed by atoms with van der Waals surface area (Å²) >= 11 is 0. The predicted molar refractivity (Wildman–Crippen MR) is 160 cm³/mol. The summed E-state index contributed by atoms with van der Waals surface area (Å²) in [6.45, 7) is 11.2. The first-order valence-corrected chi connectivity index (χ1v) is 15.5. The molecular weight excluding hydrogens is 542 g/mol. The molecule has 2 aromatic rings. The number of rotatable bonds is 15. The van der Waals surface area contributed by atoms with Gasteiger partial charge in [-0.3, -0.25) is 14.4 Å². The van der Waals surface area contributed by atoms with Gasteiger partial charge in [-0.15, -0.1) is 0 Å².